The number of rotatable bonds is 2. The number of nitrogens with zero attached hydrogens (tertiary/aromatic N) is 2. The van der Waals surface area contributed by atoms with Gasteiger partial charge in [-0.05, 0) is 24.3 Å². The van der Waals surface area contributed by atoms with Crippen LogP contribution in [0.25, 0.3) is 0 Å². The third-order valence-corrected chi connectivity index (χ3v) is 3.73. The number of amides is 1. The fourth-order valence-electron chi connectivity index (χ4n) is 1.63. The van der Waals surface area contributed by atoms with E-state index in [4.69, 9.17) is 5.11 Å². The van der Waals surface area contributed by atoms with Crippen molar-refractivity contribution in [3.05, 3.63) is 10.5 Å². The van der Waals surface area contributed by atoms with Gasteiger partial charge in [0.15, 0.2) is 0 Å². The Morgan fingerprint density at radius 1 is 1.56 bits per heavy atom. The Bertz CT molecular complexity index is 426. The van der Waals surface area contributed by atoms with Gasteiger partial charge in [-0.1, -0.05) is 11.8 Å². The van der Waals surface area contributed by atoms with Crippen molar-refractivity contribution in [3.8, 4) is 0 Å². The molecule has 0 saturated carbocycles. The minimum Gasteiger partial charge on any atom is -0.394 e. The molecule has 86 valence electrons. The zero-order valence-electron chi connectivity index (χ0n) is 9.15. The van der Waals surface area contributed by atoms with Gasteiger partial charge in [0.2, 0.25) is 11.9 Å². The first kappa shape index (κ1) is 11.3. The summed E-state index contributed by atoms with van der Waals surface area (Å²) in [5, 5.41) is 12.1. The van der Waals surface area contributed by atoms with Crippen molar-refractivity contribution in [3.63, 3.8) is 0 Å². The van der Waals surface area contributed by atoms with E-state index in [9.17, 15) is 4.79 Å². The second-order valence-electron chi connectivity index (χ2n) is 3.64. The zero-order chi connectivity index (χ0) is 11.7. The van der Waals surface area contributed by atoms with Crippen LogP contribution in [0.3, 0.4) is 0 Å². The molecule has 2 aliphatic heterocycles. The molecule has 0 aromatic heterocycles. The van der Waals surface area contributed by atoms with Crippen LogP contribution >= 0.6 is 11.8 Å². The molecule has 0 spiro atoms. The standard InChI is InChI=1S/C10H13N3O2S/c1-5-6(2)16-9-7(5)8(15)12-10(13-9)11-3-4-14/h7,14H,3-4H2,1-2H3,(H,11,12,15). The molecule has 0 bridgehead atoms. The SMILES string of the molecule is CC1=C(C)C2C(=O)NC(=NCCO)N=C2S1. The van der Waals surface area contributed by atoms with E-state index >= 15 is 0 Å². The summed E-state index contributed by atoms with van der Waals surface area (Å²) in [5.74, 6) is -0.0121. The van der Waals surface area contributed by atoms with Gasteiger partial charge in [0.25, 0.3) is 0 Å². The first-order valence-electron chi connectivity index (χ1n) is 5.03. The number of fused-ring (bicyclic) bond motifs is 1. The van der Waals surface area contributed by atoms with E-state index in [-0.39, 0.29) is 25.0 Å². The van der Waals surface area contributed by atoms with Gasteiger partial charge >= 0.3 is 0 Å². The molecule has 0 aromatic carbocycles. The summed E-state index contributed by atoms with van der Waals surface area (Å²) in [7, 11) is 0. The lowest BCUT2D eigenvalue weighted by atomic mass is 10.00. The molecule has 2 rings (SSSR count). The summed E-state index contributed by atoms with van der Waals surface area (Å²) in [6.07, 6.45) is 0. The van der Waals surface area contributed by atoms with Gasteiger partial charge in [0.1, 0.15) is 5.92 Å². The lowest BCUT2D eigenvalue weighted by Crippen LogP contribution is -2.42. The highest BCUT2D eigenvalue weighted by Gasteiger charge is 2.37. The number of guanidine groups is 1. The predicted molar refractivity (Wildman–Crippen MR) is 64.4 cm³/mol. The summed E-state index contributed by atoms with van der Waals surface area (Å²) >= 11 is 1.52. The lowest BCUT2D eigenvalue weighted by Gasteiger charge is -2.18. The third kappa shape index (κ3) is 1.90. The van der Waals surface area contributed by atoms with Crippen LogP contribution in [0, 0.1) is 5.92 Å². The number of aliphatic imine (C=N–C) groups is 2. The van der Waals surface area contributed by atoms with Gasteiger partial charge in [-0.3, -0.25) is 10.1 Å². The summed E-state index contributed by atoms with van der Waals surface area (Å²) in [5.41, 5.74) is 1.06. The van der Waals surface area contributed by atoms with Crippen molar-refractivity contribution < 1.29 is 9.90 Å². The van der Waals surface area contributed by atoms with E-state index in [1.54, 1.807) is 0 Å². The number of allylic oxidation sites excluding steroid dienone is 1. The number of hydrogen-bond acceptors (Lipinski definition) is 4. The Morgan fingerprint density at radius 3 is 3.00 bits per heavy atom. The second kappa shape index (κ2) is 4.39. The molecule has 0 fully saturated rings. The van der Waals surface area contributed by atoms with Gasteiger partial charge in [0, 0.05) is 0 Å². The quantitative estimate of drug-likeness (QED) is 0.737. The smallest absolute Gasteiger partial charge is 0.240 e. The van der Waals surface area contributed by atoms with Crippen LogP contribution in [-0.2, 0) is 4.79 Å². The van der Waals surface area contributed by atoms with E-state index in [0.29, 0.717) is 5.96 Å². The minimum absolute atomic E-state index is 0.0445. The molecule has 16 heavy (non-hydrogen) atoms. The van der Waals surface area contributed by atoms with Crippen molar-refractivity contribution in [1.82, 2.24) is 5.32 Å². The van der Waals surface area contributed by atoms with Crippen molar-refractivity contribution >= 4 is 28.7 Å². The van der Waals surface area contributed by atoms with E-state index in [2.05, 4.69) is 15.3 Å². The van der Waals surface area contributed by atoms with Crippen molar-refractivity contribution in [1.29, 1.82) is 0 Å². The molecule has 2 N–H and O–H groups in total. The average molecular weight is 239 g/mol. The van der Waals surface area contributed by atoms with Crippen LogP contribution in [0.1, 0.15) is 13.8 Å². The van der Waals surface area contributed by atoms with Crippen molar-refractivity contribution in [2.45, 2.75) is 13.8 Å². The molecule has 0 aliphatic carbocycles. The summed E-state index contributed by atoms with van der Waals surface area (Å²) in [6, 6.07) is 0. The second-order valence-corrected chi connectivity index (χ2v) is 4.88. The molecule has 6 heteroatoms. The molecule has 1 amide bonds. The molecule has 2 heterocycles. The van der Waals surface area contributed by atoms with Crippen LogP contribution in [0.5, 0.6) is 0 Å². The van der Waals surface area contributed by atoms with Gasteiger partial charge in [-0.25, -0.2) is 9.98 Å². The Kier molecular flexibility index (Phi) is 3.11. The topological polar surface area (TPSA) is 74.0 Å². The number of aliphatic hydroxyl groups excluding tert-OH is 1. The first-order chi connectivity index (χ1) is 7.63. The maximum atomic E-state index is 11.8. The number of carbonyl (C=O) groups excluding carboxylic acids is 1. The van der Waals surface area contributed by atoms with Crippen molar-refractivity contribution in [2.24, 2.45) is 15.9 Å². The number of thioether (sulfide) groups is 1. The Morgan fingerprint density at radius 2 is 2.31 bits per heavy atom. The maximum absolute atomic E-state index is 11.8. The Balaban J connectivity index is 2.27. The molecule has 0 saturated heterocycles. The van der Waals surface area contributed by atoms with Gasteiger partial charge in [0.05, 0.1) is 18.2 Å². The highest BCUT2D eigenvalue weighted by atomic mass is 32.2. The average Bonchev–Trinajstić information content (AvgIpc) is 2.52. The molecule has 1 atom stereocenters. The van der Waals surface area contributed by atoms with E-state index in [1.807, 2.05) is 13.8 Å². The monoisotopic (exact) mass is 239 g/mol. The van der Waals surface area contributed by atoms with Crippen LogP contribution in [0.4, 0.5) is 0 Å². The minimum atomic E-state index is -0.238. The largest absolute Gasteiger partial charge is 0.394 e. The maximum Gasteiger partial charge on any atom is 0.240 e. The fraction of sp³-hybridized carbons (Fsp3) is 0.500. The Labute approximate surface area is 97.7 Å². The number of carbonyl (C=O) groups is 1. The third-order valence-electron chi connectivity index (χ3n) is 2.57. The lowest BCUT2D eigenvalue weighted by molar-refractivity contribution is -0.120. The van der Waals surface area contributed by atoms with Gasteiger partial charge in [-0.2, -0.15) is 0 Å². The fourth-order valence-corrected chi connectivity index (χ4v) is 2.75. The molecule has 0 radical (unpaired) electrons. The molecule has 1 unspecified atom stereocenters. The summed E-state index contributed by atoms with van der Waals surface area (Å²) in [6.45, 7) is 4.15. The van der Waals surface area contributed by atoms with E-state index in [0.717, 1.165) is 15.5 Å². The molecule has 5 nitrogen and oxygen atoms in total. The number of aliphatic hydroxyl groups is 1. The summed E-state index contributed by atoms with van der Waals surface area (Å²) < 4.78 is 0. The van der Waals surface area contributed by atoms with Gasteiger partial charge in [-0.15, -0.1) is 0 Å². The van der Waals surface area contributed by atoms with E-state index < -0.39 is 0 Å². The molecular weight excluding hydrogens is 226 g/mol. The number of hydrogen-bond donors (Lipinski definition) is 2. The van der Waals surface area contributed by atoms with Crippen LogP contribution in [0.2, 0.25) is 0 Å². The van der Waals surface area contributed by atoms with Crippen LogP contribution < -0.4 is 5.32 Å². The predicted octanol–water partition coefficient (Wildman–Crippen LogP) is 0.520. The molecule has 2 aliphatic rings. The molecule has 0 aromatic rings. The van der Waals surface area contributed by atoms with E-state index in [1.165, 1.54) is 11.8 Å². The highest BCUT2D eigenvalue weighted by Crippen LogP contribution is 2.39. The zero-order valence-corrected chi connectivity index (χ0v) is 9.97. The molecular formula is C10H13N3O2S. The summed E-state index contributed by atoms with van der Waals surface area (Å²) in [4.78, 5) is 21.2. The van der Waals surface area contributed by atoms with Gasteiger partial charge < -0.3 is 5.11 Å². The van der Waals surface area contributed by atoms with Crippen LogP contribution in [-0.4, -0.2) is 35.2 Å². The van der Waals surface area contributed by atoms with Crippen LogP contribution in [0.15, 0.2) is 20.5 Å². The van der Waals surface area contributed by atoms with Crippen molar-refractivity contribution in [2.75, 3.05) is 13.2 Å². The number of nitrogens with one attached hydrogen (secondary N) is 1. The first-order valence-corrected chi connectivity index (χ1v) is 5.85. The normalized spacial score (nSPS) is 26.9. The Hall–Kier alpha value is -1.14. The highest BCUT2D eigenvalue weighted by molar-refractivity contribution is 8.17.